The maximum absolute atomic E-state index is 12.2. The summed E-state index contributed by atoms with van der Waals surface area (Å²) in [6.07, 6.45) is 3.53. The summed E-state index contributed by atoms with van der Waals surface area (Å²) in [4.78, 5) is -1.68. The Morgan fingerprint density at radius 3 is 2.27 bits per heavy atom. The van der Waals surface area contributed by atoms with Gasteiger partial charge in [0, 0.05) is 12.1 Å². The number of nitrogens with two attached hydrogens (primary N) is 1. The van der Waals surface area contributed by atoms with Gasteiger partial charge in [0.1, 0.15) is 0 Å². The third-order valence-electron chi connectivity index (χ3n) is 3.26. The molecule has 1 aromatic rings. The molecule has 0 saturated carbocycles. The molecule has 1 aliphatic carbocycles. The normalized spacial score (nSPS) is 22.2. The number of para-hydroxylation sites is 1. The second kappa shape index (κ2) is 5.84. The Labute approximate surface area is 130 Å². The molecular formula is C13H17N3O4S2. The van der Waals surface area contributed by atoms with Gasteiger partial charge in [0.2, 0.25) is 10.0 Å². The zero-order valence-corrected chi connectivity index (χ0v) is 13.5. The van der Waals surface area contributed by atoms with E-state index in [-0.39, 0.29) is 11.3 Å². The van der Waals surface area contributed by atoms with Crippen LogP contribution in [-0.4, -0.2) is 28.8 Å². The topological polar surface area (TPSA) is 118 Å². The highest BCUT2D eigenvalue weighted by Gasteiger charge is 2.38. The van der Waals surface area contributed by atoms with E-state index < -0.39 is 24.9 Å². The highest BCUT2D eigenvalue weighted by Crippen LogP contribution is 2.26. The molecule has 0 radical (unpaired) electrons. The summed E-state index contributed by atoms with van der Waals surface area (Å²) in [6.45, 7) is 0. The molecule has 9 heteroatoms. The summed E-state index contributed by atoms with van der Waals surface area (Å²) in [7, 11) is -6.30. The number of sulfonamides is 2. The quantitative estimate of drug-likeness (QED) is 0.718. The fourth-order valence-electron chi connectivity index (χ4n) is 1.93. The lowest BCUT2D eigenvalue weighted by atomic mass is 10.1. The number of benzene rings is 1. The van der Waals surface area contributed by atoms with Crippen molar-refractivity contribution in [3.63, 3.8) is 0 Å². The lowest BCUT2D eigenvalue weighted by molar-refractivity contribution is 0.546. The Morgan fingerprint density at radius 1 is 1.14 bits per heavy atom. The second-order valence-electron chi connectivity index (χ2n) is 4.78. The first-order valence-corrected chi connectivity index (χ1v) is 9.36. The van der Waals surface area contributed by atoms with Gasteiger partial charge in [-0.05, 0) is 31.3 Å². The molecule has 120 valence electrons. The summed E-state index contributed by atoms with van der Waals surface area (Å²) in [5.74, 6) is 0. The molecule has 1 aromatic carbocycles. The van der Waals surface area contributed by atoms with Gasteiger partial charge < -0.3 is 5.73 Å². The standard InChI is InChI=1S/C13H17N3O4S2/c1-15-22(19,20)13(14)9-7-12(8-10-13)21(17,18)16-11-5-3-2-4-6-11/h2-9,15-16H,10,14H2,1H3. The Morgan fingerprint density at radius 2 is 1.77 bits per heavy atom. The van der Waals surface area contributed by atoms with Crippen molar-refractivity contribution in [1.82, 2.24) is 4.72 Å². The number of allylic oxidation sites excluding steroid dienone is 1. The van der Waals surface area contributed by atoms with E-state index >= 15 is 0 Å². The second-order valence-corrected chi connectivity index (χ2v) is 8.64. The maximum Gasteiger partial charge on any atom is 0.261 e. The summed E-state index contributed by atoms with van der Waals surface area (Å²) in [5.41, 5.74) is 6.23. The predicted octanol–water partition coefficient (Wildman–Crippen LogP) is 0.476. The minimum atomic E-state index is -3.79. The van der Waals surface area contributed by atoms with Crippen molar-refractivity contribution in [2.75, 3.05) is 11.8 Å². The van der Waals surface area contributed by atoms with E-state index in [9.17, 15) is 16.8 Å². The number of rotatable bonds is 5. The molecule has 0 heterocycles. The van der Waals surface area contributed by atoms with Gasteiger partial charge in [0.05, 0.1) is 4.91 Å². The SMILES string of the molecule is CNS(=O)(=O)C1(N)C=CC(S(=O)(=O)Nc2ccccc2)=CC1. The molecule has 0 aliphatic heterocycles. The van der Waals surface area contributed by atoms with E-state index in [1.54, 1.807) is 30.3 Å². The first-order valence-electron chi connectivity index (χ1n) is 6.39. The summed E-state index contributed by atoms with van der Waals surface area (Å²) in [6, 6.07) is 8.40. The van der Waals surface area contributed by atoms with E-state index in [4.69, 9.17) is 5.73 Å². The molecule has 0 aromatic heterocycles. The van der Waals surface area contributed by atoms with Crippen LogP contribution < -0.4 is 15.2 Å². The molecular weight excluding hydrogens is 326 g/mol. The van der Waals surface area contributed by atoms with Crippen LogP contribution in [0.1, 0.15) is 6.42 Å². The molecule has 1 aliphatic rings. The van der Waals surface area contributed by atoms with E-state index in [0.29, 0.717) is 5.69 Å². The third kappa shape index (κ3) is 3.22. The van der Waals surface area contributed by atoms with Gasteiger partial charge in [-0.1, -0.05) is 24.3 Å². The lowest BCUT2D eigenvalue weighted by Crippen LogP contribution is -2.51. The van der Waals surface area contributed by atoms with Gasteiger partial charge in [-0.3, -0.25) is 4.72 Å². The van der Waals surface area contributed by atoms with Gasteiger partial charge in [-0.25, -0.2) is 21.6 Å². The van der Waals surface area contributed by atoms with E-state index in [1.807, 2.05) is 0 Å². The van der Waals surface area contributed by atoms with Crippen molar-refractivity contribution < 1.29 is 16.8 Å². The molecule has 0 bridgehead atoms. The van der Waals surface area contributed by atoms with Gasteiger partial charge in [-0.2, -0.15) is 0 Å². The highest BCUT2D eigenvalue weighted by atomic mass is 32.2. The number of hydrogen-bond acceptors (Lipinski definition) is 5. The predicted molar refractivity (Wildman–Crippen MR) is 85.7 cm³/mol. The first-order chi connectivity index (χ1) is 10.2. The molecule has 22 heavy (non-hydrogen) atoms. The van der Waals surface area contributed by atoms with Crippen molar-refractivity contribution in [1.29, 1.82) is 0 Å². The van der Waals surface area contributed by atoms with Crippen molar-refractivity contribution >= 4 is 25.7 Å². The van der Waals surface area contributed by atoms with Crippen LogP contribution in [0.5, 0.6) is 0 Å². The van der Waals surface area contributed by atoms with Crippen LogP contribution >= 0.6 is 0 Å². The highest BCUT2D eigenvalue weighted by molar-refractivity contribution is 7.96. The Hall–Kier alpha value is -1.68. The third-order valence-corrected chi connectivity index (χ3v) is 6.53. The van der Waals surface area contributed by atoms with Crippen LogP contribution in [-0.2, 0) is 20.0 Å². The molecule has 7 nitrogen and oxygen atoms in total. The summed E-state index contributed by atoms with van der Waals surface area (Å²) in [5, 5.41) is 0. The molecule has 0 spiro atoms. The minimum absolute atomic E-state index is 0.0243. The molecule has 0 amide bonds. The van der Waals surface area contributed by atoms with Crippen LogP contribution in [0, 0.1) is 0 Å². The number of hydrogen-bond donors (Lipinski definition) is 3. The van der Waals surface area contributed by atoms with Crippen LogP contribution in [0.25, 0.3) is 0 Å². The fraction of sp³-hybridized carbons (Fsp3) is 0.231. The number of anilines is 1. The lowest BCUT2D eigenvalue weighted by Gasteiger charge is -2.26. The Balaban J connectivity index is 2.23. The largest absolute Gasteiger partial charge is 0.308 e. The van der Waals surface area contributed by atoms with Crippen LogP contribution in [0.15, 0.2) is 53.5 Å². The Kier molecular flexibility index (Phi) is 4.43. The zero-order chi connectivity index (χ0) is 16.4. The van der Waals surface area contributed by atoms with E-state index in [0.717, 1.165) is 0 Å². The first kappa shape index (κ1) is 16.7. The number of nitrogens with one attached hydrogen (secondary N) is 2. The van der Waals surface area contributed by atoms with Crippen molar-refractivity contribution in [3.05, 3.63) is 53.5 Å². The minimum Gasteiger partial charge on any atom is -0.308 e. The van der Waals surface area contributed by atoms with Gasteiger partial charge in [0.25, 0.3) is 10.0 Å². The summed E-state index contributed by atoms with van der Waals surface area (Å²) < 4.78 is 52.7. The van der Waals surface area contributed by atoms with Gasteiger partial charge >= 0.3 is 0 Å². The fourth-order valence-corrected chi connectivity index (χ4v) is 3.97. The molecule has 2 rings (SSSR count). The molecule has 1 atom stereocenters. The van der Waals surface area contributed by atoms with Gasteiger partial charge in [-0.15, -0.1) is 0 Å². The average Bonchev–Trinajstić information content (AvgIpc) is 2.48. The van der Waals surface area contributed by atoms with Crippen LogP contribution in [0.3, 0.4) is 0 Å². The Bertz CT molecular complexity index is 814. The zero-order valence-electron chi connectivity index (χ0n) is 11.9. The molecule has 1 unspecified atom stereocenters. The monoisotopic (exact) mass is 343 g/mol. The van der Waals surface area contributed by atoms with Crippen LogP contribution in [0.4, 0.5) is 5.69 Å². The van der Waals surface area contributed by atoms with E-state index in [2.05, 4.69) is 9.44 Å². The van der Waals surface area contributed by atoms with E-state index in [1.165, 1.54) is 25.3 Å². The maximum atomic E-state index is 12.2. The molecule has 4 N–H and O–H groups in total. The molecule has 0 saturated heterocycles. The van der Waals surface area contributed by atoms with Gasteiger partial charge in [0.15, 0.2) is 4.87 Å². The smallest absolute Gasteiger partial charge is 0.261 e. The van der Waals surface area contributed by atoms with Crippen molar-refractivity contribution in [2.24, 2.45) is 5.73 Å². The summed E-state index contributed by atoms with van der Waals surface area (Å²) >= 11 is 0. The van der Waals surface area contributed by atoms with Crippen molar-refractivity contribution in [3.8, 4) is 0 Å². The average molecular weight is 343 g/mol. The van der Waals surface area contributed by atoms with Crippen molar-refractivity contribution in [2.45, 2.75) is 11.3 Å². The molecule has 0 fully saturated rings. The van der Waals surface area contributed by atoms with Crippen LogP contribution in [0.2, 0.25) is 0 Å².